The molecule has 0 amide bonds. The van der Waals surface area contributed by atoms with Crippen LogP contribution in [0.5, 0.6) is 0 Å². The van der Waals surface area contributed by atoms with Crippen LogP contribution in [0.4, 0.5) is 0 Å². The molecule has 0 radical (unpaired) electrons. The maximum Gasteiger partial charge on any atom is 0.0298 e. The summed E-state index contributed by atoms with van der Waals surface area (Å²) in [6.45, 7) is 5.96. The fourth-order valence-corrected chi connectivity index (χ4v) is 1.27. The number of nitrogens with one attached hydrogen (secondary N) is 1. The van der Waals surface area contributed by atoms with Crippen molar-refractivity contribution < 1.29 is 0 Å². The lowest BCUT2D eigenvalue weighted by atomic mass is 9.97. The van der Waals surface area contributed by atoms with Gasteiger partial charge in [0.2, 0.25) is 0 Å². The highest BCUT2D eigenvalue weighted by Crippen LogP contribution is 2.48. The van der Waals surface area contributed by atoms with Crippen LogP contribution in [0, 0.1) is 5.41 Å². The van der Waals surface area contributed by atoms with Gasteiger partial charge in [-0.2, -0.15) is 0 Å². The van der Waals surface area contributed by atoms with Crippen molar-refractivity contribution in [3.8, 4) is 0 Å². The van der Waals surface area contributed by atoms with Crippen molar-refractivity contribution in [2.75, 3.05) is 0 Å². The van der Waals surface area contributed by atoms with Gasteiger partial charge in [-0.05, 0) is 24.7 Å². The van der Waals surface area contributed by atoms with Gasteiger partial charge in [-0.25, -0.2) is 0 Å². The van der Waals surface area contributed by atoms with E-state index >= 15 is 0 Å². The largest absolute Gasteiger partial charge is 0.271 e. The van der Waals surface area contributed by atoms with Gasteiger partial charge in [-0.3, -0.25) is 11.3 Å². The van der Waals surface area contributed by atoms with E-state index in [1.54, 1.807) is 0 Å². The lowest BCUT2D eigenvalue weighted by Gasteiger charge is -2.20. The van der Waals surface area contributed by atoms with Gasteiger partial charge in [0.05, 0.1) is 0 Å². The van der Waals surface area contributed by atoms with Crippen molar-refractivity contribution in [1.29, 1.82) is 0 Å². The van der Waals surface area contributed by atoms with E-state index in [9.17, 15) is 0 Å². The minimum absolute atomic E-state index is 0.435. The molecule has 0 bridgehead atoms. The van der Waals surface area contributed by atoms with Crippen LogP contribution in [0.15, 0.2) is 12.7 Å². The normalized spacial score (nSPS) is 23.8. The molecule has 1 rings (SSSR count). The van der Waals surface area contributed by atoms with E-state index in [1.165, 1.54) is 12.8 Å². The molecule has 2 nitrogen and oxygen atoms in total. The Labute approximate surface area is 62.5 Å². The molecule has 1 aliphatic rings. The van der Waals surface area contributed by atoms with Gasteiger partial charge in [-0.1, -0.05) is 13.0 Å². The molecule has 1 aliphatic carbocycles. The molecule has 58 valence electrons. The summed E-state index contributed by atoms with van der Waals surface area (Å²) in [7, 11) is 0. The van der Waals surface area contributed by atoms with Gasteiger partial charge in [0.1, 0.15) is 0 Å². The number of hydrogen-bond acceptors (Lipinski definition) is 2. The average molecular weight is 140 g/mol. The molecule has 0 aromatic rings. The molecule has 0 spiro atoms. The molecule has 0 aliphatic heterocycles. The third-order valence-electron chi connectivity index (χ3n) is 2.48. The summed E-state index contributed by atoms with van der Waals surface area (Å²) >= 11 is 0. The van der Waals surface area contributed by atoms with Crippen LogP contribution in [-0.2, 0) is 0 Å². The monoisotopic (exact) mass is 140 g/mol. The van der Waals surface area contributed by atoms with Crippen LogP contribution in [0.3, 0.4) is 0 Å². The summed E-state index contributed by atoms with van der Waals surface area (Å²) in [6, 6.07) is 0.435. The molecular formula is C8H16N2. The van der Waals surface area contributed by atoms with Crippen LogP contribution in [0.25, 0.3) is 0 Å². The SMILES string of the molecule is C=CCC(NN)C1(C)CC1. The predicted octanol–water partition coefficient (Wildman–Crippen LogP) is 1.19. The fourth-order valence-electron chi connectivity index (χ4n) is 1.27. The summed E-state index contributed by atoms with van der Waals surface area (Å²) in [5, 5.41) is 0. The Morgan fingerprint density at radius 2 is 2.40 bits per heavy atom. The first-order valence-corrected chi connectivity index (χ1v) is 3.80. The smallest absolute Gasteiger partial charge is 0.0298 e. The van der Waals surface area contributed by atoms with E-state index < -0.39 is 0 Å². The van der Waals surface area contributed by atoms with Gasteiger partial charge >= 0.3 is 0 Å². The van der Waals surface area contributed by atoms with Crippen LogP contribution < -0.4 is 11.3 Å². The first kappa shape index (κ1) is 7.76. The fraction of sp³-hybridized carbons (Fsp3) is 0.750. The standard InChI is InChI=1S/C8H16N2/c1-3-4-7(10-9)8(2)5-6-8/h3,7,10H,1,4-6,9H2,2H3. The summed E-state index contributed by atoms with van der Waals surface area (Å²) in [5.74, 6) is 5.39. The molecule has 0 saturated heterocycles. The third-order valence-corrected chi connectivity index (χ3v) is 2.48. The highest BCUT2D eigenvalue weighted by molar-refractivity contribution is 5.00. The lowest BCUT2D eigenvalue weighted by molar-refractivity contribution is 0.364. The Kier molecular flexibility index (Phi) is 2.11. The van der Waals surface area contributed by atoms with E-state index in [4.69, 9.17) is 5.84 Å². The van der Waals surface area contributed by atoms with E-state index in [-0.39, 0.29) is 0 Å². The Morgan fingerprint density at radius 1 is 1.80 bits per heavy atom. The minimum Gasteiger partial charge on any atom is -0.271 e. The predicted molar refractivity (Wildman–Crippen MR) is 43.3 cm³/mol. The quantitative estimate of drug-likeness (QED) is 0.350. The second-order valence-corrected chi connectivity index (χ2v) is 3.40. The van der Waals surface area contributed by atoms with E-state index in [1.807, 2.05) is 6.08 Å². The van der Waals surface area contributed by atoms with Crippen molar-refractivity contribution in [3.63, 3.8) is 0 Å². The van der Waals surface area contributed by atoms with Gasteiger partial charge in [0.25, 0.3) is 0 Å². The first-order chi connectivity index (χ1) is 4.73. The zero-order chi connectivity index (χ0) is 7.61. The minimum atomic E-state index is 0.435. The van der Waals surface area contributed by atoms with Crippen molar-refractivity contribution in [3.05, 3.63) is 12.7 Å². The molecule has 2 heteroatoms. The van der Waals surface area contributed by atoms with Gasteiger partial charge in [0, 0.05) is 6.04 Å². The molecule has 1 fully saturated rings. The van der Waals surface area contributed by atoms with Crippen molar-refractivity contribution in [2.24, 2.45) is 11.3 Å². The van der Waals surface area contributed by atoms with Crippen LogP contribution >= 0.6 is 0 Å². The summed E-state index contributed by atoms with van der Waals surface area (Å²) in [5.41, 5.74) is 3.30. The van der Waals surface area contributed by atoms with Gasteiger partial charge in [-0.15, -0.1) is 6.58 Å². The summed E-state index contributed by atoms with van der Waals surface area (Å²) in [6.07, 6.45) is 5.51. The number of hydrogen-bond donors (Lipinski definition) is 2. The zero-order valence-corrected chi connectivity index (χ0v) is 6.56. The van der Waals surface area contributed by atoms with Gasteiger partial charge in [0.15, 0.2) is 0 Å². The Bertz CT molecular complexity index is 127. The van der Waals surface area contributed by atoms with E-state index in [0.717, 1.165) is 6.42 Å². The van der Waals surface area contributed by atoms with Crippen molar-refractivity contribution in [2.45, 2.75) is 32.2 Å². The topological polar surface area (TPSA) is 38.0 Å². The third kappa shape index (κ3) is 1.39. The van der Waals surface area contributed by atoms with Crippen LogP contribution in [0.1, 0.15) is 26.2 Å². The molecule has 1 unspecified atom stereocenters. The molecule has 0 aromatic heterocycles. The molecule has 3 N–H and O–H groups in total. The lowest BCUT2D eigenvalue weighted by Crippen LogP contribution is -2.40. The molecule has 0 aromatic carbocycles. The number of nitrogens with two attached hydrogens (primary N) is 1. The second kappa shape index (κ2) is 2.72. The number of rotatable bonds is 4. The molecular weight excluding hydrogens is 124 g/mol. The molecule has 0 heterocycles. The zero-order valence-electron chi connectivity index (χ0n) is 6.56. The summed E-state index contributed by atoms with van der Waals surface area (Å²) < 4.78 is 0. The van der Waals surface area contributed by atoms with Gasteiger partial charge < -0.3 is 0 Å². The van der Waals surface area contributed by atoms with E-state index in [0.29, 0.717) is 11.5 Å². The molecule has 1 saturated carbocycles. The Hall–Kier alpha value is -0.340. The Morgan fingerprint density at radius 3 is 2.70 bits per heavy atom. The maximum atomic E-state index is 5.39. The van der Waals surface area contributed by atoms with Crippen molar-refractivity contribution in [1.82, 2.24) is 5.43 Å². The Balaban J connectivity index is 2.39. The molecule has 1 atom stereocenters. The number of hydrazine groups is 1. The highest BCUT2D eigenvalue weighted by Gasteiger charge is 2.43. The first-order valence-electron chi connectivity index (χ1n) is 3.80. The van der Waals surface area contributed by atoms with Crippen LogP contribution in [-0.4, -0.2) is 6.04 Å². The highest BCUT2D eigenvalue weighted by atomic mass is 15.2. The second-order valence-electron chi connectivity index (χ2n) is 3.40. The summed E-state index contributed by atoms with van der Waals surface area (Å²) in [4.78, 5) is 0. The van der Waals surface area contributed by atoms with Crippen LogP contribution in [0.2, 0.25) is 0 Å². The van der Waals surface area contributed by atoms with Crippen molar-refractivity contribution >= 4 is 0 Å². The average Bonchev–Trinajstić information content (AvgIpc) is 2.64. The van der Waals surface area contributed by atoms with E-state index in [2.05, 4.69) is 18.9 Å². The molecule has 10 heavy (non-hydrogen) atoms. The maximum absolute atomic E-state index is 5.39.